The molecule has 1 atom stereocenters. The van der Waals surface area contributed by atoms with E-state index >= 15 is 0 Å². The van der Waals surface area contributed by atoms with Crippen molar-refractivity contribution in [3.05, 3.63) is 54.6 Å². The molecule has 4 rings (SSSR count). The van der Waals surface area contributed by atoms with Gasteiger partial charge >= 0.3 is 0 Å². The fraction of sp³-hybridized carbons (Fsp3) is 0.409. The largest absolute Gasteiger partial charge is 0.378 e. The molecular weight excluding hydrogens is 402 g/mol. The highest BCUT2D eigenvalue weighted by atomic mass is 32.2. The molecule has 2 fully saturated rings. The summed E-state index contributed by atoms with van der Waals surface area (Å²) in [6, 6.07) is 15.3. The van der Waals surface area contributed by atoms with Gasteiger partial charge in [-0.25, -0.2) is 8.42 Å². The van der Waals surface area contributed by atoms with Crippen molar-refractivity contribution in [2.24, 2.45) is 0 Å². The number of carbonyl (C=O) groups excluding carboxylic acids is 1. The van der Waals surface area contributed by atoms with Gasteiger partial charge in [0.15, 0.2) is 0 Å². The maximum atomic E-state index is 13.2. The number of nitrogens with zero attached hydrogens (tertiary/aromatic N) is 2. The predicted molar refractivity (Wildman–Crippen MR) is 116 cm³/mol. The third-order valence-electron chi connectivity index (χ3n) is 5.62. The van der Waals surface area contributed by atoms with E-state index in [1.54, 1.807) is 30.3 Å². The van der Waals surface area contributed by atoms with Crippen LogP contribution in [0.15, 0.2) is 59.5 Å². The normalized spacial score (nSPS) is 20.7. The van der Waals surface area contributed by atoms with Gasteiger partial charge in [-0.2, -0.15) is 4.31 Å². The highest BCUT2D eigenvalue weighted by molar-refractivity contribution is 7.89. The SMILES string of the molecule is O=C(Nc1ccccc1N1CCOCC1)[C@@H]1CCCCN1S(=O)(=O)c1ccccc1. The molecule has 1 amide bonds. The second kappa shape index (κ2) is 9.16. The summed E-state index contributed by atoms with van der Waals surface area (Å²) in [6.07, 6.45) is 2.09. The van der Waals surface area contributed by atoms with Gasteiger partial charge < -0.3 is 15.0 Å². The van der Waals surface area contributed by atoms with Crippen molar-refractivity contribution >= 4 is 27.3 Å². The number of morpholine rings is 1. The molecule has 2 heterocycles. The quantitative estimate of drug-likeness (QED) is 0.791. The van der Waals surface area contributed by atoms with Crippen LogP contribution >= 0.6 is 0 Å². The molecule has 7 nitrogen and oxygen atoms in total. The first-order valence-electron chi connectivity index (χ1n) is 10.4. The monoisotopic (exact) mass is 429 g/mol. The van der Waals surface area contributed by atoms with Crippen LogP contribution in [0.1, 0.15) is 19.3 Å². The summed E-state index contributed by atoms with van der Waals surface area (Å²) in [7, 11) is -3.73. The van der Waals surface area contributed by atoms with E-state index in [2.05, 4.69) is 10.2 Å². The van der Waals surface area contributed by atoms with Crippen molar-refractivity contribution in [2.45, 2.75) is 30.2 Å². The van der Waals surface area contributed by atoms with Gasteiger partial charge in [-0.3, -0.25) is 4.79 Å². The lowest BCUT2D eigenvalue weighted by Crippen LogP contribution is -2.50. The Balaban J connectivity index is 1.57. The van der Waals surface area contributed by atoms with Crippen LogP contribution in [-0.4, -0.2) is 57.5 Å². The van der Waals surface area contributed by atoms with Crippen LogP contribution in [0.25, 0.3) is 0 Å². The number of piperidine rings is 1. The van der Waals surface area contributed by atoms with E-state index in [-0.39, 0.29) is 10.8 Å². The van der Waals surface area contributed by atoms with Gasteiger partial charge in [0, 0.05) is 19.6 Å². The summed E-state index contributed by atoms with van der Waals surface area (Å²) in [5, 5.41) is 3.00. The molecule has 2 aromatic carbocycles. The van der Waals surface area contributed by atoms with Gasteiger partial charge in [0.1, 0.15) is 6.04 Å². The number of benzene rings is 2. The molecule has 0 radical (unpaired) electrons. The fourth-order valence-electron chi connectivity index (χ4n) is 4.06. The van der Waals surface area contributed by atoms with Crippen molar-refractivity contribution in [1.29, 1.82) is 0 Å². The van der Waals surface area contributed by atoms with Crippen LogP contribution in [0.5, 0.6) is 0 Å². The highest BCUT2D eigenvalue weighted by Crippen LogP contribution is 2.29. The minimum Gasteiger partial charge on any atom is -0.378 e. The standard InChI is InChI=1S/C22H27N3O4S/c26-22(23-19-10-4-5-11-20(19)24-14-16-29-17-15-24)21-12-6-7-13-25(21)30(27,28)18-8-2-1-3-9-18/h1-5,8-11,21H,6-7,12-17H2,(H,23,26)/t21-/m0/s1. The average molecular weight is 430 g/mol. The Morgan fingerprint density at radius 2 is 1.63 bits per heavy atom. The first-order chi connectivity index (χ1) is 14.6. The lowest BCUT2D eigenvalue weighted by molar-refractivity contribution is -0.120. The smallest absolute Gasteiger partial charge is 0.243 e. The van der Waals surface area contributed by atoms with E-state index in [0.29, 0.717) is 31.9 Å². The van der Waals surface area contributed by atoms with Crippen molar-refractivity contribution in [3.8, 4) is 0 Å². The van der Waals surface area contributed by atoms with Crippen LogP contribution < -0.4 is 10.2 Å². The molecular formula is C22H27N3O4S. The molecule has 2 saturated heterocycles. The Kier molecular flexibility index (Phi) is 6.36. The summed E-state index contributed by atoms with van der Waals surface area (Å²) in [4.78, 5) is 15.6. The maximum Gasteiger partial charge on any atom is 0.243 e. The van der Waals surface area contributed by atoms with Crippen LogP contribution in [0, 0.1) is 0 Å². The Bertz CT molecular complexity index is 975. The molecule has 0 aliphatic carbocycles. The molecule has 2 aliphatic rings. The second-order valence-corrected chi connectivity index (χ2v) is 9.44. The van der Waals surface area contributed by atoms with E-state index in [0.717, 1.165) is 31.6 Å². The zero-order valence-corrected chi connectivity index (χ0v) is 17.7. The van der Waals surface area contributed by atoms with Crippen LogP contribution in [0.4, 0.5) is 11.4 Å². The highest BCUT2D eigenvalue weighted by Gasteiger charge is 2.37. The molecule has 1 N–H and O–H groups in total. The summed E-state index contributed by atoms with van der Waals surface area (Å²) in [6.45, 7) is 3.15. The van der Waals surface area contributed by atoms with Gasteiger partial charge in [0.05, 0.1) is 29.5 Å². The Labute approximate surface area is 177 Å². The molecule has 0 saturated carbocycles. The molecule has 2 aromatic rings. The average Bonchev–Trinajstić information content (AvgIpc) is 2.80. The second-order valence-electron chi connectivity index (χ2n) is 7.55. The molecule has 30 heavy (non-hydrogen) atoms. The third-order valence-corrected chi connectivity index (χ3v) is 7.54. The molecule has 0 bridgehead atoms. The van der Waals surface area contributed by atoms with Gasteiger partial charge in [-0.05, 0) is 37.1 Å². The van der Waals surface area contributed by atoms with Crippen molar-refractivity contribution in [3.63, 3.8) is 0 Å². The van der Waals surface area contributed by atoms with Crippen LogP contribution in [-0.2, 0) is 19.6 Å². The van der Waals surface area contributed by atoms with E-state index < -0.39 is 16.1 Å². The van der Waals surface area contributed by atoms with Crippen molar-refractivity contribution < 1.29 is 17.9 Å². The van der Waals surface area contributed by atoms with Gasteiger partial charge in [-0.15, -0.1) is 0 Å². The predicted octanol–water partition coefficient (Wildman–Crippen LogP) is 2.71. The first-order valence-corrected chi connectivity index (χ1v) is 11.8. The van der Waals surface area contributed by atoms with E-state index in [9.17, 15) is 13.2 Å². The fourth-order valence-corrected chi connectivity index (χ4v) is 5.74. The van der Waals surface area contributed by atoms with Crippen molar-refractivity contribution in [1.82, 2.24) is 4.31 Å². The summed E-state index contributed by atoms with van der Waals surface area (Å²) in [5.74, 6) is -0.282. The zero-order valence-electron chi connectivity index (χ0n) is 16.9. The number of amides is 1. The lowest BCUT2D eigenvalue weighted by Gasteiger charge is -2.34. The number of carbonyl (C=O) groups is 1. The molecule has 160 valence electrons. The lowest BCUT2D eigenvalue weighted by atomic mass is 10.0. The van der Waals surface area contributed by atoms with Gasteiger partial charge in [-0.1, -0.05) is 36.8 Å². The van der Waals surface area contributed by atoms with E-state index in [1.807, 2.05) is 24.3 Å². The number of hydrogen-bond donors (Lipinski definition) is 1. The minimum atomic E-state index is -3.73. The number of anilines is 2. The summed E-state index contributed by atoms with van der Waals surface area (Å²) < 4.78 is 33.2. The number of rotatable bonds is 5. The molecule has 2 aliphatic heterocycles. The minimum absolute atomic E-state index is 0.221. The zero-order chi connectivity index (χ0) is 21.0. The van der Waals surface area contributed by atoms with E-state index in [4.69, 9.17) is 4.74 Å². The number of hydrogen-bond acceptors (Lipinski definition) is 5. The Morgan fingerprint density at radius 3 is 2.40 bits per heavy atom. The molecule has 8 heteroatoms. The number of sulfonamides is 1. The Hall–Kier alpha value is -2.42. The summed E-state index contributed by atoms with van der Waals surface area (Å²) in [5.41, 5.74) is 1.63. The molecule has 0 aromatic heterocycles. The number of para-hydroxylation sites is 2. The topological polar surface area (TPSA) is 79.0 Å². The Morgan fingerprint density at radius 1 is 0.933 bits per heavy atom. The first kappa shape index (κ1) is 20.8. The molecule has 0 spiro atoms. The van der Waals surface area contributed by atoms with Crippen LogP contribution in [0.3, 0.4) is 0 Å². The summed E-state index contributed by atoms with van der Waals surface area (Å²) >= 11 is 0. The van der Waals surface area contributed by atoms with Gasteiger partial charge in [0.25, 0.3) is 0 Å². The van der Waals surface area contributed by atoms with E-state index in [1.165, 1.54) is 4.31 Å². The number of ether oxygens (including phenoxy) is 1. The number of nitrogens with one attached hydrogen (secondary N) is 1. The van der Waals surface area contributed by atoms with Gasteiger partial charge in [0.2, 0.25) is 15.9 Å². The van der Waals surface area contributed by atoms with Crippen LogP contribution in [0.2, 0.25) is 0 Å². The van der Waals surface area contributed by atoms with Crippen molar-refractivity contribution in [2.75, 3.05) is 43.1 Å². The molecule has 0 unspecified atom stereocenters. The maximum absolute atomic E-state index is 13.2. The third kappa shape index (κ3) is 4.35.